The molecule has 3 aromatic rings. The fourth-order valence-electron chi connectivity index (χ4n) is 3.43. The minimum atomic E-state index is 0. The Morgan fingerprint density at radius 2 is 1.96 bits per heavy atom. The molecule has 4 nitrogen and oxygen atoms in total. The maximum Gasteiger partial charge on any atom is 0.247 e. The Morgan fingerprint density at radius 1 is 1.15 bits per heavy atom. The van der Waals surface area contributed by atoms with Gasteiger partial charge in [0.15, 0.2) is 0 Å². The van der Waals surface area contributed by atoms with Gasteiger partial charge in [0.2, 0.25) is 11.8 Å². The second-order valence-electron chi connectivity index (χ2n) is 6.46. The minimum absolute atomic E-state index is 0. The number of hydrogen-bond acceptors (Lipinski definition) is 4. The topological polar surface area (TPSA) is 42.2 Å². The number of fused-ring (bicyclic) bond motifs is 1. The van der Waals surface area contributed by atoms with Crippen LogP contribution in [0.3, 0.4) is 0 Å². The number of benzene rings is 2. The number of nitrogens with zero attached hydrogens (tertiary/aromatic N) is 3. The van der Waals surface area contributed by atoms with Gasteiger partial charge in [-0.3, -0.25) is 0 Å². The molecule has 0 amide bonds. The van der Waals surface area contributed by atoms with Crippen LogP contribution < -0.4 is 0 Å². The van der Waals surface area contributed by atoms with E-state index >= 15 is 0 Å². The van der Waals surface area contributed by atoms with Crippen LogP contribution in [0.4, 0.5) is 0 Å². The van der Waals surface area contributed by atoms with Crippen LogP contribution in [-0.4, -0.2) is 28.7 Å². The molecule has 0 N–H and O–H groups in total. The highest BCUT2D eigenvalue weighted by Gasteiger charge is 2.27. The summed E-state index contributed by atoms with van der Waals surface area (Å²) in [6, 6.07) is 12.1. The summed E-state index contributed by atoms with van der Waals surface area (Å²) in [5.74, 6) is 1.28. The summed E-state index contributed by atoms with van der Waals surface area (Å²) < 4.78 is 5.57. The van der Waals surface area contributed by atoms with Gasteiger partial charge < -0.3 is 9.32 Å². The van der Waals surface area contributed by atoms with E-state index in [0.29, 0.717) is 16.8 Å². The third-order valence-corrected chi connectivity index (χ3v) is 5.11. The number of likely N-dealkylation sites (N-methyl/N-ethyl adjacent to an activating group) is 1. The second-order valence-corrected chi connectivity index (χ2v) is 7.30. The summed E-state index contributed by atoms with van der Waals surface area (Å²) in [7, 11) is 2.10. The quantitative estimate of drug-likeness (QED) is 0.571. The molecule has 1 aromatic heterocycles. The summed E-state index contributed by atoms with van der Waals surface area (Å²) in [6.07, 6.45) is 0. The molecule has 2 aromatic carbocycles. The normalized spacial score (nSPS) is 16.8. The third kappa shape index (κ3) is 3.60. The van der Waals surface area contributed by atoms with E-state index in [4.69, 9.17) is 27.6 Å². The van der Waals surface area contributed by atoms with Crippen molar-refractivity contribution in [2.45, 2.75) is 19.4 Å². The van der Waals surface area contributed by atoms with Crippen LogP contribution in [0, 0.1) is 6.92 Å². The highest BCUT2D eigenvalue weighted by molar-refractivity contribution is 6.35. The zero-order valence-corrected chi connectivity index (χ0v) is 16.7. The zero-order valence-electron chi connectivity index (χ0n) is 14.4. The lowest BCUT2D eigenvalue weighted by atomic mass is 9.84. The van der Waals surface area contributed by atoms with Crippen LogP contribution in [-0.2, 0) is 6.54 Å². The standard InChI is InChI=1S/C19H17Cl2N3O.ClH/c1-11-22-23-19(25-11)13-5-3-4-12(6-13)16-9-24(2)10-17-15(16)7-14(20)8-18(17)21;/h3-8,16H,9-10H2,1-2H3;1H/t16-;/m0./s1. The van der Waals surface area contributed by atoms with Crippen LogP contribution in [0.25, 0.3) is 11.5 Å². The predicted octanol–water partition coefficient (Wildman–Crippen LogP) is 5.35. The molecule has 7 heteroatoms. The van der Waals surface area contributed by atoms with E-state index < -0.39 is 0 Å². The molecule has 0 spiro atoms. The average molecular weight is 411 g/mol. The van der Waals surface area contributed by atoms with E-state index in [2.05, 4.69) is 34.3 Å². The Balaban J connectivity index is 0.00000196. The Kier molecular flexibility index (Phi) is 5.58. The van der Waals surface area contributed by atoms with Crippen molar-refractivity contribution in [3.05, 3.63) is 69.0 Å². The molecule has 0 aliphatic carbocycles. The first-order valence-corrected chi connectivity index (χ1v) is 8.83. The molecule has 0 bridgehead atoms. The molecule has 2 heterocycles. The van der Waals surface area contributed by atoms with Crippen molar-refractivity contribution in [3.8, 4) is 11.5 Å². The van der Waals surface area contributed by atoms with Crippen molar-refractivity contribution in [3.63, 3.8) is 0 Å². The first-order valence-electron chi connectivity index (χ1n) is 8.08. The number of halogens is 3. The first-order chi connectivity index (χ1) is 12.0. The lowest BCUT2D eigenvalue weighted by Gasteiger charge is -2.33. The van der Waals surface area contributed by atoms with Crippen LogP contribution in [0.5, 0.6) is 0 Å². The Hall–Kier alpha value is -1.59. The Labute approximate surface area is 168 Å². The van der Waals surface area contributed by atoms with Crippen molar-refractivity contribution in [1.29, 1.82) is 0 Å². The molecule has 1 atom stereocenters. The van der Waals surface area contributed by atoms with Gasteiger partial charge in [0.25, 0.3) is 0 Å². The van der Waals surface area contributed by atoms with Gasteiger partial charge in [0.05, 0.1) is 0 Å². The zero-order chi connectivity index (χ0) is 17.6. The molecule has 136 valence electrons. The second kappa shape index (κ2) is 7.57. The molecule has 0 saturated carbocycles. The number of hydrogen-bond donors (Lipinski definition) is 0. The van der Waals surface area contributed by atoms with Gasteiger partial charge >= 0.3 is 0 Å². The number of aromatic nitrogens is 2. The Bertz CT molecular complexity index is 942. The molecule has 26 heavy (non-hydrogen) atoms. The molecule has 0 saturated heterocycles. The minimum Gasteiger partial charge on any atom is -0.421 e. The van der Waals surface area contributed by atoms with Crippen LogP contribution in [0.1, 0.15) is 28.5 Å². The summed E-state index contributed by atoms with van der Waals surface area (Å²) in [6.45, 7) is 3.51. The van der Waals surface area contributed by atoms with Crippen molar-refractivity contribution in [2.75, 3.05) is 13.6 Å². The van der Waals surface area contributed by atoms with E-state index in [9.17, 15) is 0 Å². The molecule has 0 radical (unpaired) electrons. The molecular weight excluding hydrogens is 393 g/mol. The smallest absolute Gasteiger partial charge is 0.247 e. The van der Waals surface area contributed by atoms with E-state index in [-0.39, 0.29) is 18.3 Å². The third-order valence-electron chi connectivity index (χ3n) is 4.55. The summed E-state index contributed by atoms with van der Waals surface area (Å²) in [5, 5.41) is 9.43. The van der Waals surface area contributed by atoms with Gasteiger partial charge in [-0.15, -0.1) is 22.6 Å². The number of aryl methyl sites for hydroxylation is 1. The van der Waals surface area contributed by atoms with Gasteiger partial charge in [-0.25, -0.2) is 0 Å². The van der Waals surface area contributed by atoms with Gasteiger partial charge in [0.1, 0.15) is 0 Å². The molecule has 1 aliphatic heterocycles. The largest absolute Gasteiger partial charge is 0.421 e. The van der Waals surface area contributed by atoms with Gasteiger partial charge in [-0.1, -0.05) is 35.3 Å². The number of rotatable bonds is 2. The maximum absolute atomic E-state index is 6.45. The van der Waals surface area contributed by atoms with Crippen LogP contribution in [0.2, 0.25) is 10.0 Å². The van der Waals surface area contributed by atoms with Crippen molar-refractivity contribution < 1.29 is 4.42 Å². The van der Waals surface area contributed by atoms with Gasteiger partial charge in [-0.05, 0) is 48.0 Å². The fraction of sp³-hybridized carbons (Fsp3) is 0.263. The highest BCUT2D eigenvalue weighted by atomic mass is 35.5. The van der Waals surface area contributed by atoms with E-state index in [1.54, 1.807) is 6.92 Å². The van der Waals surface area contributed by atoms with Crippen LogP contribution >= 0.6 is 35.6 Å². The summed E-state index contributed by atoms with van der Waals surface area (Å²) >= 11 is 12.7. The predicted molar refractivity (Wildman–Crippen MR) is 106 cm³/mol. The fourth-order valence-corrected chi connectivity index (χ4v) is 4.00. The highest BCUT2D eigenvalue weighted by Crippen LogP contribution is 2.39. The Morgan fingerprint density at radius 3 is 2.69 bits per heavy atom. The van der Waals surface area contributed by atoms with E-state index in [0.717, 1.165) is 29.2 Å². The lowest BCUT2D eigenvalue weighted by Crippen LogP contribution is -2.31. The first kappa shape index (κ1) is 19.2. The van der Waals surface area contributed by atoms with Crippen molar-refractivity contribution in [2.24, 2.45) is 0 Å². The van der Waals surface area contributed by atoms with E-state index in [1.165, 1.54) is 11.1 Å². The van der Waals surface area contributed by atoms with Crippen LogP contribution in [0.15, 0.2) is 40.8 Å². The summed E-state index contributed by atoms with van der Waals surface area (Å²) in [4.78, 5) is 2.27. The van der Waals surface area contributed by atoms with E-state index in [1.807, 2.05) is 24.3 Å². The maximum atomic E-state index is 6.45. The molecule has 0 fully saturated rings. The monoisotopic (exact) mass is 409 g/mol. The summed E-state index contributed by atoms with van der Waals surface area (Å²) in [5.41, 5.74) is 4.43. The average Bonchev–Trinajstić information content (AvgIpc) is 3.02. The molecule has 1 aliphatic rings. The van der Waals surface area contributed by atoms with Gasteiger partial charge in [-0.2, -0.15) is 0 Å². The molecule has 0 unspecified atom stereocenters. The SMILES string of the molecule is Cc1nnc(-c2cccc([C@@H]3CN(C)Cc4c(Cl)cc(Cl)cc43)c2)o1.Cl. The van der Waals surface area contributed by atoms with Crippen molar-refractivity contribution in [1.82, 2.24) is 15.1 Å². The van der Waals surface area contributed by atoms with Gasteiger partial charge in [0, 0.05) is 41.5 Å². The molecule has 4 rings (SSSR count). The molecular formula is C19H18Cl3N3O. The van der Waals surface area contributed by atoms with Crippen molar-refractivity contribution >= 4 is 35.6 Å². The lowest BCUT2D eigenvalue weighted by molar-refractivity contribution is 0.295.